The lowest BCUT2D eigenvalue weighted by atomic mass is 10.1. The van der Waals surface area contributed by atoms with Crippen molar-refractivity contribution in [2.24, 2.45) is 0 Å². The normalized spacial score (nSPS) is 13.9. The Kier molecular flexibility index (Phi) is 11.9. The van der Waals surface area contributed by atoms with Crippen molar-refractivity contribution in [1.82, 2.24) is 0 Å². The molecule has 0 aromatic carbocycles. The monoisotopic (exact) mass is 300 g/mol. The van der Waals surface area contributed by atoms with Crippen LogP contribution < -0.4 is 0 Å². The minimum absolute atomic E-state index is 0.462. The molecule has 1 nitrogen and oxygen atoms in total. The van der Waals surface area contributed by atoms with E-state index in [1.807, 2.05) is 0 Å². The van der Waals surface area contributed by atoms with Crippen molar-refractivity contribution in [1.29, 1.82) is 0 Å². The summed E-state index contributed by atoms with van der Waals surface area (Å²) in [5.41, 5.74) is 0.716. The second-order valence-corrected chi connectivity index (χ2v) is 11.9. The van der Waals surface area contributed by atoms with Crippen LogP contribution in [0.25, 0.3) is 0 Å². The molecular formula is C18H40OSi. The smallest absolute Gasteiger partial charge is 0.189 e. The Morgan fingerprint density at radius 2 is 1.20 bits per heavy atom. The first-order valence-corrected chi connectivity index (χ1v) is 12.1. The lowest BCUT2D eigenvalue weighted by molar-refractivity contribution is 0.192. The van der Waals surface area contributed by atoms with E-state index in [-0.39, 0.29) is 0 Å². The molecule has 122 valence electrons. The van der Waals surface area contributed by atoms with E-state index in [9.17, 15) is 0 Å². The van der Waals surface area contributed by atoms with Gasteiger partial charge >= 0.3 is 0 Å². The van der Waals surface area contributed by atoms with E-state index >= 15 is 0 Å². The van der Waals surface area contributed by atoms with Gasteiger partial charge in [-0.1, -0.05) is 78.6 Å². The fourth-order valence-electron chi connectivity index (χ4n) is 2.46. The predicted octanol–water partition coefficient (Wildman–Crippen LogP) is 6.93. The Labute approximate surface area is 130 Å². The van der Waals surface area contributed by atoms with Crippen LogP contribution in [0, 0.1) is 0 Å². The van der Waals surface area contributed by atoms with Crippen molar-refractivity contribution >= 4 is 8.32 Å². The highest BCUT2D eigenvalue weighted by Gasteiger charge is 2.28. The fourth-order valence-corrected chi connectivity index (χ4v) is 3.88. The van der Waals surface area contributed by atoms with Gasteiger partial charge in [-0.25, -0.2) is 0 Å². The largest absolute Gasteiger partial charge is 0.414 e. The molecule has 0 fully saturated rings. The first-order chi connectivity index (χ1) is 9.40. The summed E-state index contributed by atoms with van der Waals surface area (Å²) in [5.74, 6) is 0. The van der Waals surface area contributed by atoms with Gasteiger partial charge in [0.25, 0.3) is 0 Å². The van der Waals surface area contributed by atoms with Crippen LogP contribution >= 0.6 is 0 Å². The molecule has 0 radical (unpaired) electrons. The van der Waals surface area contributed by atoms with Gasteiger partial charge in [0.1, 0.15) is 0 Å². The molecule has 1 atom stereocenters. The molecule has 20 heavy (non-hydrogen) atoms. The summed E-state index contributed by atoms with van der Waals surface area (Å²) in [5, 5.41) is 0. The number of rotatable bonds is 13. The third kappa shape index (κ3) is 10.9. The van der Waals surface area contributed by atoms with Gasteiger partial charge < -0.3 is 4.43 Å². The molecule has 0 saturated carbocycles. The molecule has 0 saturated heterocycles. The van der Waals surface area contributed by atoms with Crippen molar-refractivity contribution < 1.29 is 4.43 Å². The molecule has 0 spiro atoms. The number of hydrogen-bond acceptors (Lipinski definition) is 1. The molecule has 0 heterocycles. The minimum Gasteiger partial charge on any atom is -0.414 e. The second-order valence-electron chi connectivity index (χ2n) is 7.30. The van der Waals surface area contributed by atoms with Crippen LogP contribution in [0.15, 0.2) is 0 Å². The van der Waals surface area contributed by atoms with E-state index in [4.69, 9.17) is 4.43 Å². The van der Waals surface area contributed by atoms with Crippen LogP contribution in [-0.4, -0.2) is 14.4 Å². The summed E-state index contributed by atoms with van der Waals surface area (Å²) in [6.07, 6.45) is 14.4. The van der Waals surface area contributed by atoms with Gasteiger partial charge in [0.15, 0.2) is 8.32 Å². The molecular weight excluding hydrogens is 260 g/mol. The summed E-state index contributed by atoms with van der Waals surface area (Å²) < 4.78 is 6.31. The molecule has 0 aliphatic carbocycles. The summed E-state index contributed by atoms with van der Waals surface area (Å²) >= 11 is 0. The van der Waals surface area contributed by atoms with Gasteiger partial charge in [-0.05, 0) is 32.0 Å². The standard InChI is InChI=1S/C18H40OSi/c1-7-8-9-10-11-12-13-14-15-16-18(4)19-20(5,6)17(2)3/h17-18H,7-16H2,1-6H3. The number of hydrogen-bond donors (Lipinski definition) is 0. The van der Waals surface area contributed by atoms with Gasteiger partial charge in [0.05, 0.1) is 0 Å². The zero-order valence-electron chi connectivity index (χ0n) is 15.1. The summed E-state index contributed by atoms with van der Waals surface area (Å²) in [6, 6.07) is 0. The van der Waals surface area contributed by atoms with Crippen LogP contribution in [0.5, 0.6) is 0 Å². The highest BCUT2D eigenvalue weighted by Crippen LogP contribution is 2.24. The maximum Gasteiger partial charge on any atom is 0.189 e. The lowest BCUT2D eigenvalue weighted by Crippen LogP contribution is -2.37. The van der Waals surface area contributed by atoms with E-state index in [0.717, 1.165) is 0 Å². The molecule has 0 amide bonds. The summed E-state index contributed by atoms with van der Waals surface area (Å²) in [7, 11) is -1.44. The average Bonchev–Trinajstić information content (AvgIpc) is 2.36. The Balaban J connectivity index is 3.42. The molecule has 0 aromatic rings. The third-order valence-corrected chi connectivity index (χ3v) is 8.40. The first kappa shape index (κ1) is 20.2. The fraction of sp³-hybridized carbons (Fsp3) is 1.00. The molecule has 0 rings (SSSR count). The van der Waals surface area contributed by atoms with E-state index in [1.165, 1.54) is 64.2 Å². The average molecular weight is 301 g/mol. The van der Waals surface area contributed by atoms with Gasteiger partial charge in [-0.2, -0.15) is 0 Å². The summed E-state index contributed by atoms with van der Waals surface area (Å²) in [6.45, 7) is 13.9. The quantitative estimate of drug-likeness (QED) is 0.265. The maximum absolute atomic E-state index is 6.31. The lowest BCUT2D eigenvalue weighted by Gasteiger charge is -2.30. The molecule has 0 bridgehead atoms. The van der Waals surface area contributed by atoms with Crippen LogP contribution in [0.1, 0.15) is 91.9 Å². The molecule has 0 aliphatic rings. The van der Waals surface area contributed by atoms with Gasteiger partial charge in [0, 0.05) is 6.10 Å². The molecule has 0 N–H and O–H groups in total. The van der Waals surface area contributed by atoms with E-state index in [1.54, 1.807) is 0 Å². The zero-order chi connectivity index (χ0) is 15.4. The maximum atomic E-state index is 6.31. The third-order valence-electron chi connectivity index (χ3n) is 4.61. The summed E-state index contributed by atoms with van der Waals surface area (Å²) in [4.78, 5) is 0. The van der Waals surface area contributed by atoms with E-state index in [0.29, 0.717) is 11.6 Å². The predicted molar refractivity (Wildman–Crippen MR) is 95.0 cm³/mol. The van der Waals surface area contributed by atoms with Crippen LogP contribution in [-0.2, 0) is 4.43 Å². The Bertz CT molecular complexity index is 213. The topological polar surface area (TPSA) is 9.23 Å². The molecule has 1 unspecified atom stereocenters. The van der Waals surface area contributed by atoms with Crippen LogP contribution in [0.2, 0.25) is 18.6 Å². The van der Waals surface area contributed by atoms with Gasteiger partial charge in [-0.3, -0.25) is 0 Å². The van der Waals surface area contributed by atoms with Crippen molar-refractivity contribution in [3.8, 4) is 0 Å². The van der Waals surface area contributed by atoms with Gasteiger partial charge in [0.2, 0.25) is 0 Å². The molecule has 0 aliphatic heterocycles. The molecule has 2 heteroatoms. The van der Waals surface area contributed by atoms with E-state index < -0.39 is 8.32 Å². The van der Waals surface area contributed by atoms with Crippen molar-refractivity contribution in [2.45, 2.75) is 117 Å². The second kappa shape index (κ2) is 11.8. The van der Waals surface area contributed by atoms with Crippen LogP contribution in [0.4, 0.5) is 0 Å². The van der Waals surface area contributed by atoms with Crippen molar-refractivity contribution in [2.75, 3.05) is 0 Å². The highest BCUT2D eigenvalue weighted by atomic mass is 28.4. The first-order valence-electron chi connectivity index (χ1n) is 9.08. The Morgan fingerprint density at radius 3 is 1.65 bits per heavy atom. The van der Waals surface area contributed by atoms with Gasteiger partial charge in [-0.15, -0.1) is 0 Å². The molecule has 0 aromatic heterocycles. The van der Waals surface area contributed by atoms with Crippen LogP contribution in [0.3, 0.4) is 0 Å². The zero-order valence-corrected chi connectivity index (χ0v) is 16.1. The Hall–Kier alpha value is 0.177. The number of unbranched alkanes of at least 4 members (excludes halogenated alkanes) is 8. The van der Waals surface area contributed by atoms with Crippen molar-refractivity contribution in [3.05, 3.63) is 0 Å². The highest BCUT2D eigenvalue weighted by molar-refractivity contribution is 6.72. The van der Waals surface area contributed by atoms with E-state index in [2.05, 4.69) is 40.8 Å². The SMILES string of the molecule is CCCCCCCCCCCC(C)O[Si](C)(C)C(C)C. The van der Waals surface area contributed by atoms with Crippen molar-refractivity contribution in [3.63, 3.8) is 0 Å². The Morgan fingerprint density at radius 1 is 0.750 bits per heavy atom. The minimum atomic E-state index is -1.44.